The van der Waals surface area contributed by atoms with E-state index in [1.807, 2.05) is 0 Å². The highest BCUT2D eigenvalue weighted by atomic mass is 32.1. The number of hydrogen-bond donors (Lipinski definition) is 1. The first kappa shape index (κ1) is 12.8. The Bertz CT molecular complexity index is 340. The standard InChI is InChI=1S/C13H23N3S/c1-3-10-7-5-6-8-16(10)13-15-11(4-2)12(9-14)17-13/h10H,3-9,14H2,1-2H3. The summed E-state index contributed by atoms with van der Waals surface area (Å²) in [5.41, 5.74) is 6.99. The molecule has 1 aromatic rings. The molecule has 0 bridgehead atoms. The van der Waals surface area contributed by atoms with Crippen LogP contribution in [0.4, 0.5) is 5.13 Å². The summed E-state index contributed by atoms with van der Waals surface area (Å²) in [4.78, 5) is 8.56. The van der Waals surface area contributed by atoms with Gasteiger partial charge in [-0.3, -0.25) is 0 Å². The van der Waals surface area contributed by atoms with E-state index in [0.29, 0.717) is 12.6 Å². The third kappa shape index (κ3) is 2.63. The van der Waals surface area contributed by atoms with Crippen molar-refractivity contribution in [2.45, 2.75) is 58.5 Å². The zero-order chi connectivity index (χ0) is 12.3. The highest BCUT2D eigenvalue weighted by Crippen LogP contribution is 2.32. The smallest absolute Gasteiger partial charge is 0.186 e. The number of rotatable bonds is 4. The van der Waals surface area contributed by atoms with Crippen molar-refractivity contribution in [2.24, 2.45) is 5.73 Å². The molecule has 1 aromatic heterocycles. The summed E-state index contributed by atoms with van der Waals surface area (Å²) < 4.78 is 0. The topological polar surface area (TPSA) is 42.2 Å². The first-order chi connectivity index (χ1) is 8.30. The average Bonchev–Trinajstić information content (AvgIpc) is 2.81. The van der Waals surface area contributed by atoms with Gasteiger partial charge in [-0.15, -0.1) is 11.3 Å². The summed E-state index contributed by atoms with van der Waals surface area (Å²) >= 11 is 1.80. The average molecular weight is 253 g/mol. The minimum atomic E-state index is 0.630. The van der Waals surface area contributed by atoms with Crippen LogP contribution < -0.4 is 10.6 Å². The van der Waals surface area contributed by atoms with Crippen LogP contribution in [0.2, 0.25) is 0 Å². The Hall–Kier alpha value is -0.610. The van der Waals surface area contributed by atoms with Gasteiger partial charge in [0, 0.05) is 24.0 Å². The van der Waals surface area contributed by atoms with Gasteiger partial charge in [-0.25, -0.2) is 4.98 Å². The summed E-state index contributed by atoms with van der Waals surface area (Å²) in [6.07, 6.45) is 6.20. The number of thiazole rings is 1. The molecule has 2 N–H and O–H groups in total. The van der Waals surface area contributed by atoms with Gasteiger partial charge in [0.1, 0.15) is 0 Å². The van der Waals surface area contributed by atoms with E-state index in [0.717, 1.165) is 6.42 Å². The molecule has 4 heteroatoms. The van der Waals surface area contributed by atoms with Crippen LogP contribution in [0.25, 0.3) is 0 Å². The number of hydrogen-bond acceptors (Lipinski definition) is 4. The molecular weight excluding hydrogens is 230 g/mol. The fourth-order valence-corrected chi connectivity index (χ4v) is 3.73. The fraction of sp³-hybridized carbons (Fsp3) is 0.769. The van der Waals surface area contributed by atoms with Crippen LogP contribution in [0.1, 0.15) is 50.1 Å². The Morgan fingerprint density at radius 1 is 1.41 bits per heavy atom. The van der Waals surface area contributed by atoms with Crippen molar-refractivity contribution >= 4 is 16.5 Å². The number of piperidine rings is 1. The molecule has 1 fully saturated rings. The fourth-order valence-electron chi connectivity index (χ4n) is 2.61. The number of anilines is 1. The molecule has 0 aromatic carbocycles. The number of nitrogens with two attached hydrogens (primary N) is 1. The largest absolute Gasteiger partial charge is 0.345 e. The van der Waals surface area contributed by atoms with Gasteiger partial charge in [0.25, 0.3) is 0 Å². The van der Waals surface area contributed by atoms with E-state index in [2.05, 4.69) is 18.7 Å². The molecule has 0 radical (unpaired) electrons. The van der Waals surface area contributed by atoms with Crippen LogP contribution in [0.15, 0.2) is 0 Å². The maximum atomic E-state index is 5.79. The second-order valence-electron chi connectivity index (χ2n) is 4.68. The number of aryl methyl sites for hydroxylation is 1. The lowest BCUT2D eigenvalue weighted by Crippen LogP contribution is -2.39. The van der Waals surface area contributed by atoms with Gasteiger partial charge in [0.15, 0.2) is 5.13 Å². The van der Waals surface area contributed by atoms with Crippen LogP contribution in [0, 0.1) is 0 Å². The molecule has 0 saturated carbocycles. The first-order valence-electron chi connectivity index (χ1n) is 6.75. The predicted molar refractivity (Wildman–Crippen MR) is 74.7 cm³/mol. The Morgan fingerprint density at radius 2 is 2.24 bits per heavy atom. The van der Waals surface area contributed by atoms with E-state index >= 15 is 0 Å². The van der Waals surface area contributed by atoms with Gasteiger partial charge >= 0.3 is 0 Å². The highest BCUT2D eigenvalue weighted by molar-refractivity contribution is 7.15. The number of nitrogens with zero attached hydrogens (tertiary/aromatic N) is 2. The molecule has 17 heavy (non-hydrogen) atoms. The third-order valence-corrected chi connectivity index (χ3v) is 4.79. The molecule has 2 rings (SSSR count). The Morgan fingerprint density at radius 3 is 2.82 bits per heavy atom. The van der Waals surface area contributed by atoms with E-state index in [-0.39, 0.29) is 0 Å². The monoisotopic (exact) mass is 253 g/mol. The summed E-state index contributed by atoms with van der Waals surface area (Å²) in [6, 6.07) is 0.685. The van der Waals surface area contributed by atoms with Crippen molar-refractivity contribution in [3.05, 3.63) is 10.6 Å². The van der Waals surface area contributed by atoms with Crippen molar-refractivity contribution in [2.75, 3.05) is 11.4 Å². The molecule has 0 aliphatic carbocycles. The molecular formula is C13H23N3S. The first-order valence-corrected chi connectivity index (χ1v) is 7.57. The summed E-state index contributed by atoms with van der Waals surface area (Å²) in [6.45, 7) is 6.23. The molecule has 1 aliphatic heterocycles. The van der Waals surface area contributed by atoms with E-state index in [9.17, 15) is 0 Å². The van der Waals surface area contributed by atoms with Crippen LogP contribution in [0.3, 0.4) is 0 Å². The third-order valence-electron chi connectivity index (χ3n) is 3.63. The molecule has 2 heterocycles. The minimum Gasteiger partial charge on any atom is -0.345 e. The Kier molecular flexibility index (Phi) is 4.40. The van der Waals surface area contributed by atoms with Crippen molar-refractivity contribution in [1.82, 2.24) is 4.98 Å². The van der Waals surface area contributed by atoms with Gasteiger partial charge in [-0.2, -0.15) is 0 Å². The minimum absolute atomic E-state index is 0.630. The maximum Gasteiger partial charge on any atom is 0.186 e. The molecule has 3 nitrogen and oxygen atoms in total. The zero-order valence-corrected chi connectivity index (χ0v) is 11.7. The van der Waals surface area contributed by atoms with E-state index in [4.69, 9.17) is 10.7 Å². The molecule has 1 saturated heterocycles. The van der Waals surface area contributed by atoms with Crippen molar-refractivity contribution in [3.63, 3.8) is 0 Å². The van der Waals surface area contributed by atoms with Crippen LogP contribution in [-0.4, -0.2) is 17.6 Å². The summed E-state index contributed by atoms with van der Waals surface area (Å²) in [7, 11) is 0. The normalized spacial score (nSPS) is 20.9. The van der Waals surface area contributed by atoms with Crippen molar-refractivity contribution in [1.29, 1.82) is 0 Å². The molecule has 96 valence electrons. The van der Waals surface area contributed by atoms with Gasteiger partial charge in [-0.1, -0.05) is 13.8 Å². The predicted octanol–water partition coefficient (Wildman–Crippen LogP) is 2.93. The lowest BCUT2D eigenvalue weighted by atomic mass is 10.0. The molecule has 0 amide bonds. The summed E-state index contributed by atoms with van der Waals surface area (Å²) in [5, 5.41) is 1.20. The summed E-state index contributed by atoms with van der Waals surface area (Å²) in [5.74, 6) is 0. The lowest BCUT2D eigenvalue weighted by Gasteiger charge is -2.35. The molecule has 1 atom stereocenters. The second kappa shape index (κ2) is 5.83. The zero-order valence-electron chi connectivity index (χ0n) is 10.9. The van der Waals surface area contributed by atoms with Gasteiger partial charge in [0.2, 0.25) is 0 Å². The number of aromatic nitrogens is 1. The van der Waals surface area contributed by atoms with E-state index in [1.165, 1.54) is 47.9 Å². The van der Waals surface area contributed by atoms with Crippen LogP contribution in [0.5, 0.6) is 0 Å². The Balaban J connectivity index is 2.22. The second-order valence-corrected chi connectivity index (χ2v) is 5.74. The maximum absolute atomic E-state index is 5.79. The van der Waals surface area contributed by atoms with Gasteiger partial charge in [0.05, 0.1) is 5.69 Å². The van der Waals surface area contributed by atoms with E-state index in [1.54, 1.807) is 11.3 Å². The van der Waals surface area contributed by atoms with Crippen molar-refractivity contribution in [3.8, 4) is 0 Å². The van der Waals surface area contributed by atoms with Gasteiger partial charge in [-0.05, 0) is 32.1 Å². The lowest BCUT2D eigenvalue weighted by molar-refractivity contribution is 0.449. The molecule has 1 aliphatic rings. The molecule has 1 unspecified atom stereocenters. The molecule has 0 spiro atoms. The van der Waals surface area contributed by atoms with E-state index < -0.39 is 0 Å². The highest BCUT2D eigenvalue weighted by Gasteiger charge is 2.24. The van der Waals surface area contributed by atoms with Gasteiger partial charge < -0.3 is 10.6 Å². The SMILES string of the molecule is CCc1nc(N2CCCCC2CC)sc1CN. The van der Waals surface area contributed by atoms with Crippen LogP contribution >= 0.6 is 11.3 Å². The van der Waals surface area contributed by atoms with Crippen molar-refractivity contribution < 1.29 is 0 Å². The quantitative estimate of drug-likeness (QED) is 0.897. The Labute approximate surface area is 108 Å². The van der Waals surface area contributed by atoms with Crippen LogP contribution in [-0.2, 0) is 13.0 Å².